The summed E-state index contributed by atoms with van der Waals surface area (Å²) in [5.74, 6) is 5.74. The van der Waals surface area contributed by atoms with E-state index in [1.54, 1.807) is 11.3 Å². The zero-order valence-corrected chi connectivity index (χ0v) is 12.3. The molecular weight excluding hydrogens is 264 g/mol. The first-order chi connectivity index (χ1) is 8.54. The van der Waals surface area contributed by atoms with E-state index in [4.69, 9.17) is 17.4 Å². The van der Waals surface area contributed by atoms with Crippen LogP contribution in [0.1, 0.15) is 33.2 Å². The average molecular weight is 281 g/mol. The third-order valence-corrected chi connectivity index (χ3v) is 4.52. The van der Waals surface area contributed by atoms with E-state index in [0.717, 1.165) is 9.90 Å². The number of halogens is 1. The molecule has 3 N–H and O–H groups in total. The summed E-state index contributed by atoms with van der Waals surface area (Å²) >= 11 is 7.84. The summed E-state index contributed by atoms with van der Waals surface area (Å²) < 4.78 is 0. The second-order valence-electron chi connectivity index (χ2n) is 4.54. The van der Waals surface area contributed by atoms with Gasteiger partial charge in [-0.25, -0.2) is 5.43 Å². The highest BCUT2D eigenvalue weighted by molar-refractivity contribution is 7.10. The molecule has 0 aliphatic carbocycles. The van der Waals surface area contributed by atoms with Crippen LogP contribution >= 0.6 is 22.9 Å². The number of rotatable bonds is 3. The van der Waals surface area contributed by atoms with Gasteiger partial charge in [0.1, 0.15) is 0 Å². The maximum Gasteiger partial charge on any atom is 0.0822 e. The fourth-order valence-electron chi connectivity index (χ4n) is 2.45. The second-order valence-corrected chi connectivity index (χ2v) is 5.90. The van der Waals surface area contributed by atoms with Gasteiger partial charge >= 0.3 is 0 Å². The van der Waals surface area contributed by atoms with Crippen LogP contribution in [0.4, 0.5) is 0 Å². The van der Waals surface area contributed by atoms with E-state index in [1.807, 2.05) is 11.4 Å². The largest absolute Gasteiger partial charge is 0.271 e. The average Bonchev–Trinajstić information content (AvgIpc) is 2.69. The number of hydrogen-bond donors (Lipinski definition) is 2. The van der Waals surface area contributed by atoms with Crippen molar-refractivity contribution in [3.8, 4) is 0 Å². The Morgan fingerprint density at radius 2 is 1.83 bits per heavy atom. The molecule has 0 saturated carbocycles. The molecular formula is C14H17ClN2S. The van der Waals surface area contributed by atoms with E-state index in [1.165, 1.54) is 22.3 Å². The molecule has 0 fully saturated rings. The van der Waals surface area contributed by atoms with Crippen molar-refractivity contribution in [2.24, 2.45) is 5.84 Å². The van der Waals surface area contributed by atoms with Gasteiger partial charge in [0.05, 0.1) is 11.1 Å². The van der Waals surface area contributed by atoms with Crippen LogP contribution in [-0.4, -0.2) is 0 Å². The molecule has 2 rings (SSSR count). The van der Waals surface area contributed by atoms with Gasteiger partial charge in [-0.3, -0.25) is 5.84 Å². The summed E-state index contributed by atoms with van der Waals surface area (Å²) in [4.78, 5) is 1.06. The Morgan fingerprint density at radius 3 is 2.28 bits per heavy atom. The molecule has 1 heterocycles. The molecule has 96 valence electrons. The summed E-state index contributed by atoms with van der Waals surface area (Å²) in [7, 11) is 0. The van der Waals surface area contributed by atoms with Gasteiger partial charge in [-0.05, 0) is 48.9 Å². The Bertz CT molecular complexity index is 540. The predicted octanol–water partition coefficient (Wildman–Crippen LogP) is 3.88. The van der Waals surface area contributed by atoms with E-state index >= 15 is 0 Å². The topological polar surface area (TPSA) is 38.0 Å². The van der Waals surface area contributed by atoms with Crippen LogP contribution in [0.3, 0.4) is 0 Å². The highest BCUT2D eigenvalue weighted by atomic mass is 35.5. The molecule has 0 aliphatic heterocycles. The van der Waals surface area contributed by atoms with Crippen LogP contribution in [0.2, 0.25) is 5.02 Å². The molecule has 1 aromatic carbocycles. The first-order valence-corrected chi connectivity index (χ1v) is 7.07. The standard InChI is InChI=1S/C14H17ClN2S/c1-8-6-9(2)12(10(3)7-8)13(17-16)14-11(15)4-5-18-14/h4-7,13,17H,16H2,1-3H3. The number of nitrogens with two attached hydrogens (primary N) is 1. The third-order valence-electron chi connectivity index (χ3n) is 3.10. The highest BCUT2D eigenvalue weighted by Gasteiger charge is 2.20. The molecule has 18 heavy (non-hydrogen) atoms. The lowest BCUT2D eigenvalue weighted by Gasteiger charge is -2.21. The zero-order valence-electron chi connectivity index (χ0n) is 10.8. The van der Waals surface area contributed by atoms with Gasteiger partial charge in [0.2, 0.25) is 0 Å². The smallest absolute Gasteiger partial charge is 0.0822 e. The van der Waals surface area contributed by atoms with E-state index in [9.17, 15) is 0 Å². The molecule has 0 aliphatic rings. The molecule has 0 radical (unpaired) electrons. The summed E-state index contributed by atoms with van der Waals surface area (Å²) in [6.07, 6.45) is 0. The summed E-state index contributed by atoms with van der Waals surface area (Å²) in [6.45, 7) is 6.33. The first kappa shape index (κ1) is 13.6. The van der Waals surface area contributed by atoms with Crippen molar-refractivity contribution in [1.82, 2.24) is 5.43 Å². The normalized spacial score (nSPS) is 12.7. The Kier molecular flexibility index (Phi) is 4.07. The Labute approximate surface area is 117 Å². The van der Waals surface area contributed by atoms with Gasteiger partial charge in [0.25, 0.3) is 0 Å². The van der Waals surface area contributed by atoms with Crippen LogP contribution in [0.25, 0.3) is 0 Å². The molecule has 0 bridgehead atoms. The molecule has 1 unspecified atom stereocenters. The lowest BCUT2D eigenvalue weighted by atomic mass is 9.93. The summed E-state index contributed by atoms with van der Waals surface area (Å²) in [6, 6.07) is 6.21. The highest BCUT2D eigenvalue weighted by Crippen LogP contribution is 2.35. The fourth-order valence-corrected chi connectivity index (χ4v) is 3.68. The van der Waals surface area contributed by atoms with Gasteiger partial charge < -0.3 is 0 Å². The van der Waals surface area contributed by atoms with Crippen LogP contribution in [-0.2, 0) is 0 Å². The van der Waals surface area contributed by atoms with E-state index in [2.05, 4.69) is 38.3 Å². The second kappa shape index (κ2) is 5.41. The van der Waals surface area contributed by atoms with Crippen LogP contribution in [0, 0.1) is 20.8 Å². The maximum absolute atomic E-state index is 6.21. The van der Waals surface area contributed by atoms with E-state index in [-0.39, 0.29) is 6.04 Å². The molecule has 0 saturated heterocycles. The lowest BCUT2D eigenvalue weighted by molar-refractivity contribution is 0.640. The van der Waals surface area contributed by atoms with E-state index in [0.29, 0.717) is 0 Å². The molecule has 0 amide bonds. The number of nitrogens with one attached hydrogen (secondary N) is 1. The predicted molar refractivity (Wildman–Crippen MR) is 79.1 cm³/mol. The van der Waals surface area contributed by atoms with Crippen molar-refractivity contribution in [2.75, 3.05) is 0 Å². The minimum absolute atomic E-state index is 0.0434. The Hall–Kier alpha value is -0.870. The number of aryl methyl sites for hydroxylation is 3. The number of benzene rings is 1. The molecule has 4 heteroatoms. The number of hydrazine groups is 1. The lowest BCUT2D eigenvalue weighted by Crippen LogP contribution is -2.29. The Balaban J connectivity index is 2.56. The monoisotopic (exact) mass is 280 g/mol. The van der Waals surface area contributed by atoms with Crippen molar-refractivity contribution in [1.29, 1.82) is 0 Å². The van der Waals surface area contributed by atoms with E-state index < -0.39 is 0 Å². The molecule has 2 aromatic rings. The van der Waals surface area contributed by atoms with Crippen molar-refractivity contribution in [3.63, 3.8) is 0 Å². The van der Waals surface area contributed by atoms with Crippen LogP contribution in [0.5, 0.6) is 0 Å². The number of thiophene rings is 1. The molecule has 0 spiro atoms. The van der Waals surface area contributed by atoms with Crippen LogP contribution in [0.15, 0.2) is 23.6 Å². The van der Waals surface area contributed by atoms with Crippen molar-refractivity contribution < 1.29 is 0 Å². The van der Waals surface area contributed by atoms with Gasteiger partial charge in [-0.15, -0.1) is 11.3 Å². The minimum Gasteiger partial charge on any atom is -0.271 e. The van der Waals surface area contributed by atoms with Gasteiger partial charge in [-0.2, -0.15) is 0 Å². The summed E-state index contributed by atoms with van der Waals surface area (Å²) in [5, 5.41) is 2.75. The van der Waals surface area contributed by atoms with Crippen molar-refractivity contribution >= 4 is 22.9 Å². The molecule has 2 nitrogen and oxygen atoms in total. The summed E-state index contributed by atoms with van der Waals surface area (Å²) in [5.41, 5.74) is 7.84. The fraction of sp³-hybridized carbons (Fsp3) is 0.286. The van der Waals surface area contributed by atoms with Crippen molar-refractivity contribution in [2.45, 2.75) is 26.8 Å². The zero-order chi connectivity index (χ0) is 13.3. The van der Waals surface area contributed by atoms with Crippen molar-refractivity contribution in [3.05, 3.63) is 55.7 Å². The van der Waals surface area contributed by atoms with Gasteiger partial charge in [0.15, 0.2) is 0 Å². The molecule has 1 aromatic heterocycles. The first-order valence-electron chi connectivity index (χ1n) is 5.81. The minimum atomic E-state index is -0.0434. The Morgan fingerprint density at radius 1 is 1.22 bits per heavy atom. The van der Waals surface area contributed by atoms with Gasteiger partial charge in [0, 0.05) is 4.88 Å². The number of hydrogen-bond acceptors (Lipinski definition) is 3. The molecule has 1 atom stereocenters. The quantitative estimate of drug-likeness (QED) is 0.661. The third kappa shape index (κ3) is 2.45. The van der Waals surface area contributed by atoms with Gasteiger partial charge in [-0.1, -0.05) is 29.3 Å². The van der Waals surface area contributed by atoms with Crippen LogP contribution < -0.4 is 11.3 Å². The maximum atomic E-state index is 6.21. The SMILES string of the molecule is Cc1cc(C)c(C(NN)c2sccc2Cl)c(C)c1.